The standard InChI is InChI=1S/C17H14INO2/c18-8-2-1-3-9(6-8)19-16(20)14-10-4-5-11(13-7-12(10)13)15(14)17(19)21/h1-6,10-15H,7H2/t10-,11-,12-,13-,14+,15+/m0/s1. The molecule has 4 aliphatic carbocycles. The Morgan fingerprint density at radius 3 is 2.19 bits per heavy atom. The third-order valence-corrected chi connectivity index (χ3v) is 6.40. The Morgan fingerprint density at radius 1 is 1.00 bits per heavy atom. The minimum absolute atomic E-state index is 0.0247. The lowest BCUT2D eigenvalue weighted by atomic mass is 9.63. The van der Waals surface area contributed by atoms with Gasteiger partial charge in [-0.25, -0.2) is 4.90 Å². The Kier molecular flexibility index (Phi) is 2.34. The van der Waals surface area contributed by atoms with E-state index in [9.17, 15) is 9.59 Å². The summed E-state index contributed by atoms with van der Waals surface area (Å²) in [5.74, 6) is 1.77. The van der Waals surface area contributed by atoms with E-state index in [2.05, 4.69) is 34.7 Å². The number of allylic oxidation sites excluding steroid dienone is 2. The van der Waals surface area contributed by atoms with Gasteiger partial charge in [-0.3, -0.25) is 9.59 Å². The van der Waals surface area contributed by atoms with Crippen LogP contribution in [0.5, 0.6) is 0 Å². The number of imide groups is 1. The van der Waals surface area contributed by atoms with Gasteiger partial charge in [-0.15, -0.1) is 0 Å². The SMILES string of the molecule is O=C1[C@@H]2[C@H]3C=C[C@@H]([C@@H]4C[C@@H]34)[C@H]2C(=O)N1c1cccc(I)c1. The number of anilines is 1. The van der Waals surface area contributed by atoms with Crippen LogP contribution in [-0.2, 0) is 9.59 Å². The van der Waals surface area contributed by atoms with E-state index in [1.807, 2.05) is 24.3 Å². The lowest BCUT2D eigenvalue weighted by Crippen LogP contribution is -2.40. The molecule has 0 N–H and O–H groups in total. The lowest BCUT2D eigenvalue weighted by molar-refractivity contribution is -0.124. The molecule has 6 atom stereocenters. The second-order valence-corrected chi connectivity index (χ2v) is 7.89. The number of amides is 2. The third kappa shape index (κ3) is 1.49. The highest BCUT2D eigenvalue weighted by atomic mass is 127. The molecule has 1 heterocycles. The van der Waals surface area contributed by atoms with Crippen molar-refractivity contribution >= 4 is 40.1 Å². The Morgan fingerprint density at radius 2 is 1.62 bits per heavy atom. The number of carbonyl (C=O) groups excluding carboxylic acids is 2. The van der Waals surface area contributed by atoms with E-state index in [0.29, 0.717) is 23.7 Å². The van der Waals surface area contributed by atoms with Gasteiger partial charge in [0.1, 0.15) is 0 Å². The van der Waals surface area contributed by atoms with E-state index < -0.39 is 0 Å². The average Bonchev–Trinajstić information content (AvgIpc) is 3.24. The second-order valence-electron chi connectivity index (χ2n) is 6.65. The fraction of sp³-hybridized carbons (Fsp3) is 0.412. The van der Waals surface area contributed by atoms with Crippen molar-refractivity contribution in [2.75, 3.05) is 4.90 Å². The average molecular weight is 391 g/mol. The number of carbonyl (C=O) groups is 2. The normalized spacial score (nSPS) is 42.2. The summed E-state index contributed by atoms with van der Waals surface area (Å²) in [6, 6.07) is 7.67. The minimum Gasteiger partial charge on any atom is -0.274 e. The van der Waals surface area contributed by atoms with Gasteiger partial charge >= 0.3 is 0 Å². The van der Waals surface area contributed by atoms with Crippen molar-refractivity contribution in [2.45, 2.75) is 6.42 Å². The zero-order valence-electron chi connectivity index (χ0n) is 11.3. The van der Waals surface area contributed by atoms with Crippen molar-refractivity contribution < 1.29 is 9.59 Å². The number of benzene rings is 1. The smallest absolute Gasteiger partial charge is 0.238 e. The van der Waals surface area contributed by atoms with Gasteiger partial charge in [0, 0.05) is 3.57 Å². The first kappa shape index (κ1) is 12.4. The fourth-order valence-electron chi connectivity index (χ4n) is 4.83. The van der Waals surface area contributed by atoms with Crippen LogP contribution < -0.4 is 4.90 Å². The first-order valence-electron chi connectivity index (χ1n) is 7.48. The van der Waals surface area contributed by atoms with Gasteiger partial charge in [0.2, 0.25) is 11.8 Å². The van der Waals surface area contributed by atoms with Gasteiger partial charge in [-0.05, 0) is 70.9 Å². The molecule has 3 nitrogen and oxygen atoms in total. The van der Waals surface area contributed by atoms with Crippen LogP contribution in [-0.4, -0.2) is 11.8 Å². The summed E-state index contributed by atoms with van der Waals surface area (Å²) in [5.41, 5.74) is 0.736. The molecule has 106 valence electrons. The van der Waals surface area contributed by atoms with Gasteiger partial charge in [0.05, 0.1) is 17.5 Å². The summed E-state index contributed by atoms with van der Waals surface area (Å²) in [4.78, 5) is 27.2. The molecule has 6 rings (SSSR count). The van der Waals surface area contributed by atoms with E-state index in [-0.39, 0.29) is 23.7 Å². The van der Waals surface area contributed by atoms with Crippen molar-refractivity contribution in [1.82, 2.24) is 0 Å². The van der Waals surface area contributed by atoms with E-state index in [1.54, 1.807) is 0 Å². The zero-order chi connectivity index (χ0) is 14.3. The maximum absolute atomic E-state index is 12.9. The van der Waals surface area contributed by atoms with Crippen molar-refractivity contribution in [1.29, 1.82) is 0 Å². The predicted octanol–water partition coefficient (Wildman–Crippen LogP) is 2.85. The van der Waals surface area contributed by atoms with Gasteiger partial charge < -0.3 is 0 Å². The summed E-state index contributed by atoms with van der Waals surface area (Å²) in [6.45, 7) is 0. The second kappa shape index (κ2) is 3.97. The molecule has 1 aromatic rings. The van der Waals surface area contributed by atoms with Crippen LogP contribution in [0.25, 0.3) is 0 Å². The topological polar surface area (TPSA) is 37.4 Å². The molecule has 1 aromatic carbocycles. The molecule has 4 heteroatoms. The maximum atomic E-state index is 12.9. The quantitative estimate of drug-likeness (QED) is 0.420. The zero-order valence-corrected chi connectivity index (χ0v) is 13.4. The van der Waals surface area contributed by atoms with Crippen molar-refractivity contribution in [3.05, 3.63) is 40.0 Å². The number of nitrogens with zero attached hydrogens (tertiary/aromatic N) is 1. The summed E-state index contributed by atoms with van der Waals surface area (Å²) >= 11 is 2.22. The van der Waals surface area contributed by atoms with Crippen molar-refractivity contribution in [2.24, 2.45) is 35.5 Å². The maximum Gasteiger partial charge on any atom is 0.238 e. The minimum atomic E-state index is -0.103. The Balaban J connectivity index is 1.60. The van der Waals surface area contributed by atoms with Crippen LogP contribution in [0.3, 0.4) is 0 Å². The van der Waals surface area contributed by atoms with Crippen molar-refractivity contribution in [3.8, 4) is 0 Å². The first-order valence-corrected chi connectivity index (χ1v) is 8.56. The molecule has 3 fully saturated rings. The first-order chi connectivity index (χ1) is 10.2. The predicted molar refractivity (Wildman–Crippen MR) is 86.3 cm³/mol. The van der Waals surface area contributed by atoms with Gasteiger partial charge in [0.25, 0.3) is 0 Å². The molecule has 1 aliphatic heterocycles. The van der Waals surface area contributed by atoms with Crippen LogP contribution in [0.4, 0.5) is 5.69 Å². The van der Waals surface area contributed by atoms with E-state index in [1.165, 1.54) is 11.3 Å². The molecule has 2 bridgehead atoms. The molecule has 2 amide bonds. The van der Waals surface area contributed by atoms with Gasteiger partial charge in [-0.2, -0.15) is 0 Å². The van der Waals surface area contributed by atoms with E-state index >= 15 is 0 Å². The van der Waals surface area contributed by atoms with Crippen LogP contribution in [0.15, 0.2) is 36.4 Å². The molecule has 1 saturated heterocycles. The highest BCUT2D eigenvalue weighted by molar-refractivity contribution is 14.1. The van der Waals surface area contributed by atoms with E-state index in [4.69, 9.17) is 0 Å². The third-order valence-electron chi connectivity index (χ3n) is 5.73. The lowest BCUT2D eigenvalue weighted by Gasteiger charge is -2.37. The van der Waals surface area contributed by atoms with Gasteiger partial charge in [-0.1, -0.05) is 18.2 Å². The Labute approximate surface area is 136 Å². The summed E-state index contributed by atoms with van der Waals surface area (Å²) in [7, 11) is 0. The molecular weight excluding hydrogens is 377 g/mol. The highest BCUT2D eigenvalue weighted by Crippen LogP contribution is 2.65. The molecule has 21 heavy (non-hydrogen) atoms. The Hall–Kier alpha value is -1.17. The summed E-state index contributed by atoms with van der Waals surface area (Å²) < 4.78 is 1.05. The Bertz CT molecular complexity index is 676. The summed E-state index contributed by atoms with van der Waals surface area (Å²) in [6.07, 6.45) is 5.63. The van der Waals surface area contributed by atoms with Crippen LogP contribution in [0, 0.1) is 39.1 Å². The number of rotatable bonds is 1. The monoisotopic (exact) mass is 391 g/mol. The largest absolute Gasteiger partial charge is 0.274 e. The fourth-order valence-corrected chi connectivity index (χ4v) is 5.35. The number of hydrogen-bond acceptors (Lipinski definition) is 2. The van der Waals surface area contributed by atoms with Crippen molar-refractivity contribution in [3.63, 3.8) is 0 Å². The van der Waals surface area contributed by atoms with Crippen LogP contribution in [0.2, 0.25) is 0 Å². The molecular formula is C17H14INO2. The highest BCUT2D eigenvalue weighted by Gasteiger charge is 2.67. The van der Waals surface area contributed by atoms with E-state index in [0.717, 1.165) is 9.26 Å². The molecule has 0 unspecified atom stereocenters. The summed E-state index contributed by atoms with van der Waals surface area (Å²) in [5, 5.41) is 0. The van der Waals surface area contributed by atoms with Crippen LogP contribution >= 0.6 is 22.6 Å². The molecule has 5 aliphatic rings. The molecule has 2 saturated carbocycles. The number of hydrogen-bond donors (Lipinski definition) is 0. The molecule has 0 radical (unpaired) electrons. The van der Waals surface area contributed by atoms with Gasteiger partial charge in [0.15, 0.2) is 0 Å². The molecule has 0 spiro atoms. The molecule has 0 aromatic heterocycles. The van der Waals surface area contributed by atoms with Crippen LogP contribution in [0.1, 0.15) is 6.42 Å². The number of halogens is 1.